The van der Waals surface area contributed by atoms with E-state index < -0.39 is 0 Å². The van der Waals surface area contributed by atoms with Gasteiger partial charge in [0, 0.05) is 16.5 Å². The number of allylic oxidation sites excluding steroid dienone is 1. The summed E-state index contributed by atoms with van der Waals surface area (Å²) in [5, 5.41) is 0. The molecule has 2 heteroatoms. The van der Waals surface area contributed by atoms with Gasteiger partial charge in [-0.3, -0.25) is 0 Å². The number of fused-ring (bicyclic) bond motifs is 1. The van der Waals surface area contributed by atoms with Gasteiger partial charge in [-0.05, 0) is 18.6 Å². The third-order valence-electron chi connectivity index (χ3n) is 1.98. The third-order valence-corrected chi connectivity index (χ3v) is 2.73. The van der Waals surface area contributed by atoms with Crippen LogP contribution in [0.2, 0.25) is 0 Å². The van der Waals surface area contributed by atoms with Crippen molar-refractivity contribution < 1.29 is 4.74 Å². The van der Waals surface area contributed by atoms with Gasteiger partial charge in [0.2, 0.25) is 0 Å². The molecule has 0 spiro atoms. The predicted molar refractivity (Wildman–Crippen MR) is 52.2 cm³/mol. The minimum Gasteiger partial charge on any atom is -0.462 e. The first-order chi connectivity index (χ1) is 5.77. The highest BCUT2D eigenvalue weighted by atomic mass is 79.9. The van der Waals surface area contributed by atoms with E-state index in [1.54, 1.807) is 0 Å². The van der Waals surface area contributed by atoms with Gasteiger partial charge in [-0.15, -0.1) is 0 Å². The Morgan fingerprint density at radius 1 is 1.33 bits per heavy atom. The summed E-state index contributed by atoms with van der Waals surface area (Å²) in [7, 11) is 0. The Balaban J connectivity index is 2.48. The van der Waals surface area contributed by atoms with Gasteiger partial charge >= 0.3 is 0 Å². The molecule has 2 rings (SSSR count). The van der Waals surface area contributed by atoms with Crippen molar-refractivity contribution >= 4 is 15.9 Å². The van der Waals surface area contributed by atoms with Gasteiger partial charge in [-0.1, -0.05) is 28.6 Å². The van der Waals surface area contributed by atoms with Gasteiger partial charge in [0.25, 0.3) is 0 Å². The lowest BCUT2D eigenvalue weighted by atomic mass is 10.1. The Labute approximate surface area is 80.2 Å². The van der Waals surface area contributed by atoms with Gasteiger partial charge in [0.05, 0.1) is 5.76 Å². The maximum atomic E-state index is 5.49. The lowest BCUT2D eigenvalue weighted by molar-refractivity contribution is 0.380. The van der Waals surface area contributed by atoms with E-state index in [2.05, 4.69) is 22.5 Å². The summed E-state index contributed by atoms with van der Waals surface area (Å²) in [5.74, 6) is 1.81. The molecule has 1 heterocycles. The predicted octanol–water partition coefficient (Wildman–Crippen LogP) is 3.29. The van der Waals surface area contributed by atoms with E-state index in [1.807, 2.05) is 18.2 Å². The van der Waals surface area contributed by atoms with E-state index in [9.17, 15) is 0 Å². The van der Waals surface area contributed by atoms with Crippen LogP contribution in [0.15, 0.2) is 35.0 Å². The summed E-state index contributed by atoms with van der Waals surface area (Å²) in [6.07, 6.45) is 1.95. The van der Waals surface area contributed by atoms with E-state index >= 15 is 0 Å². The summed E-state index contributed by atoms with van der Waals surface area (Å²) < 4.78 is 6.62. The van der Waals surface area contributed by atoms with Gasteiger partial charge in [-0.25, -0.2) is 0 Å². The first-order valence-electron chi connectivity index (χ1n) is 3.90. The molecule has 0 bridgehead atoms. The molecule has 0 N–H and O–H groups in total. The quantitative estimate of drug-likeness (QED) is 0.658. The Hall–Kier alpha value is -0.760. The Morgan fingerprint density at radius 3 is 3.00 bits per heavy atom. The molecule has 0 aromatic heterocycles. The fourth-order valence-corrected chi connectivity index (χ4v) is 1.89. The first kappa shape index (κ1) is 7.87. The topological polar surface area (TPSA) is 9.23 Å². The molecule has 62 valence electrons. The molecule has 0 saturated heterocycles. The lowest BCUT2D eigenvalue weighted by Crippen LogP contribution is -2.05. The highest BCUT2D eigenvalue weighted by Gasteiger charge is 2.14. The SMILES string of the molecule is C=C1CCc2c(Br)cccc2O1. The second kappa shape index (κ2) is 2.94. The van der Waals surface area contributed by atoms with Gasteiger partial charge in [0.1, 0.15) is 5.75 Å². The Bertz CT molecular complexity index is 331. The van der Waals surface area contributed by atoms with Crippen LogP contribution in [0, 0.1) is 0 Å². The molecule has 0 amide bonds. The summed E-state index contributed by atoms with van der Waals surface area (Å²) in [6.45, 7) is 3.81. The molecule has 1 aromatic carbocycles. The van der Waals surface area contributed by atoms with Crippen molar-refractivity contribution in [1.29, 1.82) is 0 Å². The van der Waals surface area contributed by atoms with Crippen molar-refractivity contribution in [2.75, 3.05) is 0 Å². The number of hydrogen-bond donors (Lipinski definition) is 0. The molecule has 0 saturated carbocycles. The highest BCUT2D eigenvalue weighted by molar-refractivity contribution is 9.10. The summed E-state index contributed by atoms with van der Waals surface area (Å²) in [6, 6.07) is 5.99. The van der Waals surface area contributed by atoms with Crippen molar-refractivity contribution in [2.45, 2.75) is 12.8 Å². The van der Waals surface area contributed by atoms with Crippen molar-refractivity contribution in [1.82, 2.24) is 0 Å². The summed E-state index contributed by atoms with van der Waals surface area (Å²) in [4.78, 5) is 0. The molecule has 1 aliphatic rings. The van der Waals surface area contributed by atoms with Crippen molar-refractivity contribution in [3.05, 3.63) is 40.6 Å². The minimum atomic E-state index is 0.862. The fraction of sp³-hybridized carbons (Fsp3) is 0.200. The number of hydrogen-bond acceptors (Lipinski definition) is 1. The molecule has 1 nitrogen and oxygen atoms in total. The third kappa shape index (κ3) is 1.27. The molecule has 0 radical (unpaired) electrons. The zero-order valence-corrected chi connectivity index (χ0v) is 8.23. The van der Waals surface area contributed by atoms with Crippen LogP contribution in [0.25, 0.3) is 0 Å². The standard InChI is InChI=1S/C10H9BrO/c1-7-5-6-8-9(11)3-2-4-10(8)12-7/h2-4H,1,5-6H2. The Morgan fingerprint density at radius 2 is 2.17 bits per heavy atom. The molecular formula is C10H9BrO. The Kier molecular flexibility index (Phi) is 1.93. The maximum absolute atomic E-state index is 5.49. The summed E-state index contributed by atoms with van der Waals surface area (Å²) >= 11 is 3.49. The van der Waals surface area contributed by atoms with Gasteiger partial charge in [0.15, 0.2) is 0 Å². The molecule has 0 atom stereocenters. The number of halogens is 1. The monoisotopic (exact) mass is 224 g/mol. The maximum Gasteiger partial charge on any atom is 0.131 e. The smallest absolute Gasteiger partial charge is 0.131 e. The van der Waals surface area contributed by atoms with Crippen molar-refractivity contribution in [3.8, 4) is 5.75 Å². The average molecular weight is 225 g/mol. The van der Waals surface area contributed by atoms with E-state index in [-0.39, 0.29) is 0 Å². The van der Waals surface area contributed by atoms with Crippen LogP contribution in [0.4, 0.5) is 0 Å². The highest BCUT2D eigenvalue weighted by Crippen LogP contribution is 2.33. The molecule has 1 aromatic rings. The normalized spacial score (nSPS) is 15.2. The fourth-order valence-electron chi connectivity index (χ4n) is 1.35. The van der Waals surface area contributed by atoms with E-state index in [1.165, 1.54) is 5.56 Å². The van der Waals surface area contributed by atoms with Crippen LogP contribution in [0.1, 0.15) is 12.0 Å². The number of rotatable bonds is 0. The van der Waals surface area contributed by atoms with Crippen LogP contribution >= 0.6 is 15.9 Å². The van der Waals surface area contributed by atoms with Gasteiger partial charge in [-0.2, -0.15) is 0 Å². The molecule has 0 aliphatic carbocycles. The van der Waals surface area contributed by atoms with E-state index in [4.69, 9.17) is 4.74 Å². The molecule has 12 heavy (non-hydrogen) atoms. The lowest BCUT2D eigenvalue weighted by Gasteiger charge is -2.19. The average Bonchev–Trinajstić information content (AvgIpc) is 2.04. The van der Waals surface area contributed by atoms with Crippen molar-refractivity contribution in [3.63, 3.8) is 0 Å². The molecule has 0 unspecified atom stereocenters. The molecule has 0 fully saturated rings. The number of benzene rings is 1. The van der Waals surface area contributed by atoms with E-state index in [0.29, 0.717) is 0 Å². The zero-order chi connectivity index (χ0) is 8.55. The van der Waals surface area contributed by atoms with Crippen LogP contribution < -0.4 is 4.74 Å². The van der Waals surface area contributed by atoms with Crippen LogP contribution in [0.5, 0.6) is 5.75 Å². The van der Waals surface area contributed by atoms with Crippen LogP contribution in [0.3, 0.4) is 0 Å². The van der Waals surface area contributed by atoms with E-state index in [0.717, 1.165) is 28.8 Å². The van der Waals surface area contributed by atoms with Gasteiger partial charge < -0.3 is 4.74 Å². The second-order valence-corrected chi connectivity index (χ2v) is 3.71. The second-order valence-electron chi connectivity index (χ2n) is 2.86. The molecular weight excluding hydrogens is 216 g/mol. The first-order valence-corrected chi connectivity index (χ1v) is 4.69. The largest absolute Gasteiger partial charge is 0.462 e. The zero-order valence-electron chi connectivity index (χ0n) is 6.64. The number of ether oxygens (including phenoxy) is 1. The molecule has 1 aliphatic heterocycles. The summed E-state index contributed by atoms with van der Waals surface area (Å²) in [5.41, 5.74) is 1.25. The van der Waals surface area contributed by atoms with Crippen molar-refractivity contribution in [2.24, 2.45) is 0 Å². The van der Waals surface area contributed by atoms with Crippen LogP contribution in [-0.2, 0) is 6.42 Å². The van der Waals surface area contributed by atoms with Crippen LogP contribution in [-0.4, -0.2) is 0 Å². The minimum absolute atomic E-state index is 0.862.